The second kappa shape index (κ2) is 9.66. The van der Waals surface area contributed by atoms with Gasteiger partial charge in [0.15, 0.2) is 0 Å². The second-order valence-electron chi connectivity index (χ2n) is 8.66. The lowest BCUT2D eigenvalue weighted by Gasteiger charge is -2.41. The Labute approximate surface area is 178 Å². The average molecular weight is 422 g/mol. The average Bonchev–Trinajstić information content (AvgIpc) is 2.61. The molecule has 1 aliphatic heterocycles. The molecule has 0 saturated heterocycles. The van der Waals surface area contributed by atoms with Crippen molar-refractivity contribution in [2.75, 3.05) is 13.2 Å². The van der Waals surface area contributed by atoms with Gasteiger partial charge in [-0.3, -0.25) is 9.59 Å². The molecule has 1 N–H and O–H groups in total. The number of nitrogens with zero attached hydrogens (tertiary/aromatic N) is 1. The first kappa shape index (κ1) is 23.3. The summed E-state index contributed by atoms with van der Waals surface area (Å²) >= 11 is 6.50. The van der Waals surface area contributed by atoms with Crippen molar-refractivity contribution in [2.24, 2.45) is 11.8 Å². The Hall–Kier alpha value is -2.01. The first-order valence-corrected chi connectivity index (χ1v) is 10.6. The monoisotopic (exact) mass is 421 g/mol. The van der Waals surface area contributed by atoms with E-state index in [1.165, 1.54) is 4.90 Å². The molecule has 0 aromatic heterocycles. The summed E-state index contributed by atoms with van der Waals surface area (Å²) in [5.74, 6) is 0.418. The van der Waals surface area contributed by atoms with E-state index in [0.717, 1.165) is 17.6 Å². The van der Waals surface area contributed by atoms with E-state index in [2.05, 4.69) is 34.6 Å². The van der Waals surface area contributed by atoms with Crippen LogP contribution in [0.5, 0.6) is 5.75 Å². The molecule has 0 fully saturated rings. The van der Waals surface area contributed by atoms with Crippen molar-refractivity contribution in [1.29, 1.82) is 0 Å². The molecule has 1 aromatic rings. The maximum absolute atomic E-state index is 12.8. The number of carboxylic acids is 1. The number of allylic oxidation sites excluding steroid dienone is 1. The minimum atomic E-state index is -0.912. The summed E-state index contributed by atoms with van der Waals surface area (Å²) in [6.45, 7) is 11.3. The van der Waals surface area contributed by atoms with E-state index >= 15 is 0 Å². The number of halogens is 1. The first-order chi connectivity index (χ1) is 13.5. The number of carboxylic acid groups (broad SMARTS) is 1. The minimum Gasteiger partial charge on any atom is -0.492 e. The summed E-state index contributed by atoms with van der Waals surface area (Å²) < 4.78 is 5.81. The number of hydrogen-bond acceptors (Lipinski definition) is 3. The quantitative estimate of drug-likeness (QED) is 0.589. The summed E-state index contributed by atoms with van der Waals surface area (Å²) in [6.07, 6.45) is 3.00. The van der Waals surface area contributed by atoms with Crippen molar-refractivity contribution in [3.05, 3.63) is 40.6 Å². The highest BCUT2D eigenvalue weighted by Gasteiger charge is 2.40. The summed E-state index contributed by atoms with van der Waals surface area (Å²) in [5, 5.41) is 9.49. The van der Waals surface area contributed by atoms with Crippen LogP contribution in [0.25, 0.3) is 0 Å². The maximum Gasteiger partial charge on any atom is 0.305 e. The lowest BCUT2D eigenvalue weighted by molar-refractivity contribution is -0.138. The molecule has 0 unspecified atom stereocenters. The molecule has 160 valence electrons. The Morgan fingerprint density at radius 3 is 2.55 bits per heavy atom. The molecule has 5 nitrogen and oxygen atoms in total. The highest BCUT2D eigenvalue weighted by molar-refractivity contribution is 6.32. The van der Waals surface area contributed by atoms with Crippen LogP contribution in [0.2, 0.25) is 5.02 Å². The summed E-state index contributed by atoms with van der Waals surface area (Å²) in [7, 11) is 0. The van der Waals surface area contributed by atoms with Crippen molar-refractivity contribution in [3.63, 3.8) is 0 Å². The number of hydrogen-bond donors (Lipinski definition) is 1. The van der Waals surface area contributed by atoms with Crippen LogP contribution >= 0.6 is 11.6 Å². The Balaban J connectivity index is 2.31. The van der Waals surface area contributed by atoms with Gasteiger partial charge in [0.25, 0.3) is 0 Å². The standard InChI is InChI=1S/C23H32ClNO4/c1-15(2)9-11-29-20-7-6-17(12-19(20)24)23(5)13-21(26)25(10-8-22(27)28)14-18(23)16(3)4/h6-7,12,14-16H,8-11,13H2,1-5H3,(H,27,28)/t23-/m0/s1. The molecule has 0 saturated carbocycles. The number of rotatable bonds is 9. The molecule has 1 aromatic carbocycles. The summed E-state index contributed by atoms with van der Waals surface area (Å²) in [5.41, 5.74) is 1.56. The topological polar surface area (TPSA) is 66.8 Å². The SMILES string of the molecule is CC(C)CCOc1ccc([C@]2(C)CC(=O)N(CCC(=O)O)C=C2C(C)C)cc1Cl. The van der Waals surface area contributed by atoms with Gasteiger partial charge in [0.2, 0.25) is 5.91 Å². The van der Waals surface area contributed by atoms with Gasteiger partial charge in [0.05, 0.1) is 18.1 Å². The van der Waals surface area contributed by atoms with E-state index in [-0.39, 0.29) is 31.2 Å². The van der Waals surface area contributed by atoms with Gasteiger partial charge in [0.1, 0.15) is 5.75 Å². The number of carbonyl (C=O) groups is 2. The van der Waals surface area contributed by atoms with Crippen molar-refractivity contribution >= 4 is 23.5 Å². The van der Waals surface area contributed by atoms with E-state index in [0.29, 0.717) is 23.3 Å². The van der Waals surface area contributed by atoms with Crippen LogP contribution in [0, 0.1) is 11.8 Å². The zero-order valence-corrected chi connectivity index (χ0v) is 18.8. The molecule has 0 spiro atoms. The van der Waals surface area contributed by atoms with Crippen molar-refractivity contribution < 1.29 is 19.4 Å². The fraction of sp³-hybridized carbons (Fsp3) is 0.565. The van der Waals surface area contributed by atoms with Crippen molar-refractivity contribution in [3.8, 4) is 5.75 Å². The predicted octanol–water partition coefficient (Wildman–Crippen LogP) is 5.27. The zero-order chi connectivity index (χ0) is 21.8. The third-order valence-electron chi connectivity index (χ3n) is 5.47. The van der Waals surface area contributed by atoms with E-state index in [9.17, 15) is 9.59 Å². The molecule has 29 heavy (non-hydrogen) atoms. The largest absolute Gasteiger partial charge is 0.492 e. The molecule has 1 amide bonds. The smallest absolute Gasteiger partial charge is 0.305 e. The van der Waals surface area contributed by atoms with Gasteiger partial charge >= 0.3 is 5.97 Å². The lowest BCUT2D eigenvalue weighted by Crippen LogP contribution is -2.42. The van der Waals surface area contributed by atoms with Crippen molar-refractivity contribution in [1.82, 2.24) is 4.90 Å². The molecular formula is C23H32ClNO4. The Morgan fingerprint density at radius 2 is 2.00 bits per heavy atom. The molecule has 0 radical (unpaired) electrons. The van der Waals surface area contributed by atoms with E-state index in [1.54, 1.807) is 0 Å². The molecule has 0 aliphatic carbocycles. The van der Waals surface area contributed by atoms with Gasteiger partial charge in [-0.05, 0) is 41.5 Å². The normalized spacial score (nSPS) is 19.7. The first-order valence-electron chi connectivity index (χ1n) is 10.2. The van der Waals surface area contributed by atoms with Crippen LogP contribution in [0.4, 0.5) is 0 Å². The van der Waals surface area contributed by atoms with Crippen LogP contribution in [-0.2, 0) is 15.0 Å². The third-order valence-corrected chi connectivity index (χ3v) is 5.76. The van der Waals surface area contributed by atoms with Crippen LogP contribution in [0.1, 0.15) is 59.4 Å². The molecule has 2 rings (SSSR count). The zero-order valence-electron chi connectivity index (χ0n) is 18.0. The number of amides is 1. The van der Waals surface area contributed by atoms with Crippen molar-refractivity contribution in [2.45, 2.75) is 59.3 Å². The van der Waals surface area contributed by atoms with E-state index in [1.807, 2.05) is 24.4 Å². The van der Waals surface area contributed by atoms with E-state index in [4.69, 9.17) is 21.4 Å². The number of benzene rings is 1. The van der Waals surface area contributed by atoms with Crippen LogP contribution in [0.3, 0.4) is 0 Å². The van der Waals surface area contributed by atoms with Gasteiger partial charge in [-0.2, -0.15) is 0 Å². The van der Waals surface area contributed by atoms with Gasteiger partial charge < -0.3 is 14.7 Å². The Morgan fingerprint density at radius 1 is 1.31 bits per heavy atom. The molecule has 1 heterocycles. The molecule has 1 atom stereocenters. The number of ether oxygens (including phenoxy) is 1. The van der Waals surface area contributed by atoms with E-state index < -0.39 is 11.4 Å². The molecule has 6 heteroatoms. The van der Waals surface area contributed by atoms with Gasteiger partial charge in [-0.15, -0.1) is 0 Å². The third kappa shape index (κ3) is 5.75. The second-order valence-corrected chi connectivity index (χ2v) is 9.06. The van der Waals surface area contributed by atoms with Gasteiger partial charge in [-0.25, -0.2) is 0 Å². The highest BCUT2D eigenvalue weighted by Crippen LogP contribution is 2.44. The number of carbonyl (C=O) groups excluding carboxylic acids is 1. The number of aliphatic carboxylic acids is 1. The fourth-order valence-electron chi connectivity index (χ4n) is 3.71. The fourth-order valence-corrected chi connectivity index (χ4v) is 3.95. The summed E-state index contributed by atoms with van der Waals surface area (Å²) in [6, 6.07) is 5.75. The van der Waals surface area contributed by atoms with Crippen LogP contribution < -0.4 is 4.74 Å². The Bertz CT molecular complexity index is 787. The highest BCUT2D eigenvalue weighted by atomic mass is 35.5. The van der Waals surface area contributed by atoms with Crippen LogP contribution in [-0.4, -0.2) is 35.0 Å². The van der Waals surface area contributed by atoms with Gasteiger partial charge in [-0.1, -0.05) is 52.3 Å². The predicted molar refractivity (Wildman–Crippen MR) is 115 cm³/mol. The maximum atomic E-state index is 12.8. The van der Waals surface area contributed by atoms with Crippen LogP contribution in [0.15, 0.2) is 30.0 Å². The Kier molecular flexibility index (Phi) is 7.75. The minimum absolute atomic E-state index is 0.0709. The van der Waals surface area contributed by atoms with Gasteiger partial charge in [0, 0.05) is 24.6 Å². The lowest BCUT2D eigenvalue weighted by atomic mass is 9.68. The molecular weight excluding hydrogens is 390 g/mol. The molecule has 1 aliphatic rings. The summed E-state index contributed by atoms with van der Waals surface area (Å²) in [4.78, 5) is 25.2. The molecule has 0 bridgehead atoms.